The van der Waals surface area contributed by atoms with Crippen LogP contribution in [0.4, 0.5) is 0 Å². The van der Waals surface area contributed by atoms with E-state index >= 15 is 0 Å². The van der Waals surface area contributed by atoms with Gasteiger partial charge in [0.05, 0.1) is 12.2 Å². The summed E-state index contributed by atoms with van der Waals surface area (Å²) in [4.78, 5) is 0. The first-order chi connectivity index (χ1) is 10.8. The second-order valence-electron chi connectivity index (χ2n) is 5.46. The lowest BCUT2D eigenvalue weighted by Crippen LogP contribution is -2.25. The van der Waals surface area contributed by atoms with Crippen LogP contribution >= 0.6 is 0 Å². The Morgan fingerprint density at radius 1 is 1.36 bits per heavy atom. The first-order valence-corrected chi connectivity index (χ1v) is 7.77. The smallest absolute Gasteiger partial charge is 0.155 e. The van der Waals surface area contributed by atoms with E-state index in [4.69, 9.17) is 10.1 Å². The summed E-state index contributed by atoms with van der Waals surface area (Å²) in [5, 5.41) is 16.5. The number of aromatic nitrogens is 3. The predicted molar refractivity (Wildman–Crippen MR) is 85.0 cm³/mol. The van der Waals surface area contributed by atoms with Crippen molar-refractivity contribution in [3.63, 3.8) is 0 Å². The van der Waals surface area contributed by atoms with E-state index < -0.39 is 0 Å². The van der Waals surface area contributed by atoms with Gasteiger partial charge in [-0.25, -0.2) is 4.68 Å². The van der Waals surface area contributed by atoms with Crippen molar-refractivity contribution < 1.29 is 4.74 Å². The number of para-hydroxylation sites is 1. The van der Waals surface area contributed by atoms with Gasteiger partial charge in [0.25, 0.3) is 0 Å². The Morgan fingerprint density at radius 3 is 2.91 bits per heavy atom. The second-order valence-corrected chi connectivity index (χ2v) is 5.46. The molecule has 0 unspecified atom stereocenters. The molecule has 1 aliphatic rings. The Balaban J connectivity index is 1.79. The van der Waals surface area contributed by atoms with Crippen molar-refractivity contribution in [3.8, 4) is 5.75 Å². The molecular weight excluding hydrogens is 278 g/mol. The minimum Gasteiger partial charge on any atom is -0.493 e. The van der Waals surface area contributed by atoms with Crippen molar-refractivity contribution in [1.29, 1.82) is 5.41 Å². The minimum atomic E-state index is 0.281. The highest BCUT2D eigenvalue weighted by atomic mass is 16.5. The lowest BCUT2D eigenvalue weighted by atomic mass is 10.1. The predicted octanol–water partition coefficient (Wildman–Crippen LogP) is 2.90. The molecule has 1 saturated carbocycles. The lowest BCUT2D eigenvalue weighted by Gasteiger charge is -2.16. The number of nitrogens with zero attached hydrogens (tertiary/aromatic N) is 3. The number of hydrogen-bond acceptors (Lipinski definition) is 4. The summed E-state index contributed by atoms with van der Waals surface area (Å²) in [6.45, 7) is 2.51. The molecule has 1 fully saturated rings. The van der Waals surface area contributed by atoms with Gasteiger partial charge in [-0.15, -0.1) is 10.2 Å². The number of hydrogen-bond donors (Lipinski definition) is 2. The Kier molecular flexibility index (Phi) is 4.37. The zero-order chi connectivity index (χ0) is 15.4. The molecule has 116 valence electrons. The maximum atomic E-state index is 8.33. The summed E-state index contributed by atoms with van der Waals surface area (Å²) in [6.07, 6.45) is 6.39. The quantitative estimate of drug-likeness (QED) is 0.657. The summed E-state index contributed by atoms with van der Waals surface area (Å²) >= 11 is 0. The van der Waals surface area contributed by atoms with E-state index in [2.05, 4.69) is 15.6 Å². The number of amidine groups is 1. The molecule has 1 aromatic heterocycles. The SMILES string of the molecule is CCOc1ccccc1C(=N)Nn1cnnc1C1CCCC1. The lowest BCUT2D eigenvalue weighted by molar-refractivity contribution is 0.339. The molecular formula is C16H21N5O. The number of benzene rings is 1. The highest BCUT2D eigenvalue weighted by Gasteiger charge is 2.23. The van der Waals surface area contributed by atoms with E-state index in [9.17, 15) is 0 Å². The second kappa shape index (κ2) is 6.60. The summed E-state index contributed by atoms with van der Waals surface area (Å²) in [5.74, 6) is 2.34. The van der Waals surface area contributed by atoms with E-state index in [0.29, 0.717) is 18.3 Å². The van der Waals surface area contributed by atoms with Crippen LogP contribution in [0.2, 0.25) is 0 Å². The van der Waals surface area contributed by atoms with Crippen LogP contribution in [0.1, 0.15) is 49.9 Å². The van der Waals surface area contributed by atoms with Crippen LogP contribution in [0, 0.1) is 5.41 Å². The standard InChI is InChI=1S/C16H21N5O/c1-2-22-14-10-6-5-9-13(14)15(17)20-21-11-18-19-16(21)12-7-3-4-8-12/h5-6,9-12H,2-4,7-8H2,1H3,(H2,17,20). The molecule has 0 aliphatic heterocycles. The van der Waals surface area contributed by atoms with Gasteiger partial charge in [0.1, 0.15) is 17.9 Å². The fraction of sp³-hybridized carbons (Fsp3) is 0.438. The number of ether oxygens (including phenoxy) is 1. The molecule has 6 heteroatoms. The minimum absolute atomic E-state index is 0.281. The normalized spacial score (nSPS) is 15.0. The highest BCUT2D eigenvalue weighted by Crippen LogP contribution is 2.32. The van der Waals surface area contributed by atoms with Crippen molar-refractivity contribution in [2.24, 2.45) is 0 Å². The average molecular weight is 299 g/mol. The maximum Gasteiger partial charge on any atom is 0.155 e. The van der Waals surface area contributed by atoms with E-state index in [1.165, 1.54) is 12.8 Å². The molecule has 0 amide bonds. The van der Waals surface area contributed by atoms with Gasteiger partial charge in [-0.3, -0.25) is 10.8 Å². The molecule has 3 rings (SSSR count). The number of rotatable bonds is 5. The van der Waals surface area contributed by atoms with Crippen molar-refractivity contribution in [2.75, 3.05) is 12.0 Å². The van der Waals surface area contributed by atoms with Crippen LogP contribution in [0.5, 0.6) is 5.75 Å². The Bertz CT molecular complexity index is 645. The average Bonchev–Trinajstić information content (AvgIpc) is 3.18. The monoisotopic (exact) mass is 299 g/mol. The first kappa shape index (κ1) is 14.6. The van der Waals surface area contributed by atoms with Crippen LogP contribution in [0.3, 0.4) is 0 Å². The van der Waals surface area contributed by atoms with Crippen molar-refractivity contribution >= 4 is 5.84 Å². The van der Waals surface area contributed by atoms with Gasteiger partial charge in [-0.1, -0.05) is 25.0 Å². The molecule has 0 spiro atoms. The van der Waals surface area contributed by atoms with Gasteiger partial charge in [0.2, 0.25) is 0 Å². The molecule has 22 heavy (non-hydrogen) atoms. The molecule has 2 N–H and O–H groups in total. The summed E-state index contributed by atoms with van der Waals surface area (Å²) in [6, 6.07) is 7.56. The first-order valence-electron chi connectivity index (χ1n) is 7.77. The third-order valence-electron chi connectivity index (χ3n) is 3.98. The highest BCUT2D eigenvalue weighted by molar-refractivity contribution is 6.04. The Labute approximate surface area is 130 Å². The van der Waals surface area contributed by atoms with Gasteiger partial charge in [0, 0.05) is 5.92 Å². The molecule has 0 saturated heterocycles. The van der Waals surface area contributed by atoms with Gasteiger partial charge < -0.3 is 4.74 Å². The van der Waals surface area contributed by atoms with Crippen molar-refractivity contribution in [1.82, 2.24) is 14.9 Å². The summed E-state index contributed by atoms with van der Waals surface area (Å²) < 4.78 is 7.35. The van der Waals surface area contributed by atoms with Crippen LogP contribution in [-0.2, 0) is 0 Å². The van der Waals surface area contributed by atoms with E-state index in [1.54, 1.807) is 11.0 Å². The van der Waals surface area contributed by atoms with Gasteiger partial charge in [0.15, 0.2) is 5.82 Å². The van der Waals surface area contributed by atoms with E-state index in [0.717, 1.165) is 24.2 Å². The maximum absolute atomic E-state index is 8.33. The molecule has 0 atom stereocenters. The van der Waals surface area contributed by atoms with Gasteiger partial charge in [-0.2, -0.15) is 0 Å². The topological polar surface area (TPSA) is 75.8 Å². The van der Waals surface area contributed by atoms with E-state index in [1.807, 2.05) is 31.2 Å². The molecule has 0 radical (unpaired) electrons. The molecule has 1 aromatic carbocycles. The summed E-state index contributed by atoms with van der Waals surface area (Å²) in [7, 11) is 0. The summed E-state index contributed by atoms with van der Waals surface area (Å²) in [5.41, 5.74) is 3.81. The molecule has 2 aromatic rings. The molecule has 0 bridgehead atoms. The molecule has 1 aliphatic carbocycles. The molecule has 6 nitrogen and oxygen atoms in total. The Hall–Kier alpha value is -2.37. The number of nitrogens with one attached hydrogen (secondary N) is 2. The van der Waals surface area contributed by atoms with E-state index in [-0.39, 0.29) is 5.84 Å². The fourth-order valence-electron chi connectivity index (χ4n) is 2.93. The third kappa shape index (κ3) is 2.95. The largest absolute Gasteiger partial charge is 0.493 e. The molecule has 1 heterocycles. The van der Waals surface area contributed by atoms with Crippen LogP contribution in [0.25, 0.3) is 0 Å². The van der Waals surface area contributed by atoms with Gasteiger partial charge >= 0.3 is 0 Å². The van der Waals surface area contributed by atoms with Crippen molar-refractivity contribution in [2.45, 2.75) is 38.5 Å². The van der Waals surface area contributed by atoms with Crippen LogP contribution in [0.15, 0.2) is 30.6 Å². The van der Waals surface area contributed by atoms with Crippen molar-refractivity contribution in [3.05, 3.63) is 42.0 Å². The fourth-order valence-corrected chi connectivity index (χ4v) is 2.93. The van der Waals surface area contributed by atoms with Crippen LogP contribution < -0.4 is 10.2 Å². The zero-order valence-corrected chi connectivity index (χ0v) is 12.7. The Morgan fingerprint density at radius 2 is 2.14 bits per heavy atom. The zero-order valence-electron chi connectivity index (χ0n) is 12.7. The third-order valence-corrected chi connectivity index (χ3v) is 3.98. The van der Waals surface area contributed by atoms with Crippen LogP contribution in [-0.4, -0.2) is 27.3 Å². The van der Waals surface area contributed by atoms with Gasteiger partial charge in [-0.05, 0) is 31.9 Å².